The maximum absolute atomic E-state index is 5.83. The van der Waals surface area contributed by atoms with Gasteiger partial charge in [-0.2, -0.15) is 0 Å². The van der Waals surface area contributed by atoms with Crippen molar-refractivity contribution < 1.29 is 4.74 Å². The first-order chi connectivity index (χ1) is 9.75. The Labute approximate surface area is 120 Å². The van der Waals surface area contributed by atoms with E-state index in [1.807, 2.05) is 42.6 Å². The fourth-order valence-corrected chi connectivity index (χ4v) is 1.89. The van der Waals surface area contributed by atoms with Crippen molar-refractivity contribution in [2.45, 2.75) is 6.42 Å². The average molecular weight is 271 g/mol. The fourth-order valence-electron chi connectivity index (χ4n) is 1.89. The zero-order valence-corrected chi connectivity index (χ0v) is 11.8. The molecule has 0 saturated carbocycles. The molecule has 0 unspecified atom stereocenters. The van der Waals surface area contributed by atoms with Crippen LogP contribution in [0.15, 0.2) is 48.7 Å². The van der Waals surface area contributed by atoms with Crippen molar-refractivity contribution >= 4 is 5.69 Å². The number of benzene rings is 1. The number of ether oxygens (including phenoxy) is 1. The molecule has 2 N–H and O–H groups in total. The van der Waals surface area contributed by atoms with Crippen LogP contribution in [0, 0.1) is 0 Å². The highest BCUT2D eigenvalue weighted by Crippen LogP contribution is 2.19. The molecule has 0 fully saturated rings. The van der Waals surface area contributed by atoms with E-state index in [0.29, 0.717) is 12.3 Å². The number of rotatable bonds is 7. The Balaban J connectivity index is 1.68. The lowest BCUT2D eigenvalue weighted by molar-refractivity contribution is 0.239. The predicted molar refractivity (Wildman–Crippen MR) is 81.8 cm³/mol. The third-order valence-electron chi connectivity index (χ3n) is 3.13. The van der Waals surface area contributed by atoms with Gasteiger partial charge in [0, 0.05) is 31.4 Å². The van der Waals surface area contributed by atoms with Gasteiger partial charge in [0.15, 0.2) is 0 Å². The molecule has 1 aromatic carbocycles. The lowest BCUT2D eigenvalue weighted by atomic mass is 10.2. The number of hydrogen-bond donors (Lipinski definition) is 1. The van der Waals surface area contributed by atoms with Crippen LogP contribution in [0.5, 0.6) is 5.75 Å². The second kappa shape index (κ2) is 7.50. The molecule has 0 spiro atoms. The molecule has 4 heteroatoms. The Morgan fingerprint density at radius 2 is 1.90 bits per heavy atom. The first kappa shape index (κ1) is 14.3. The third-order valence-corrected chi connectivity index (χ3v) is 3.13. The average Bonchev–Trinajstić information content (AvgIpc) is 2.48. The second-order valence-corrected chi connectivity index (χ2v) is 4.76. The van der Waals surface area contributed by atoms with Crippen LogP contribution >= 0.6 is 0 Å². The van der Waals surface area contributed by atoms with Gasteiger partial charge in [0.1, 0.15) is 12.4 Å². The van der Waals surface area contributed by atoms with Crippen LogP contribution in [0.25, 0.3) is 0 Å². The van der Waals surface area contributed by atoms with E-state index in [-0.39, 0.29) is 0 Å². The number of nitrogens with zero attached hydrogens (tertiary/aromatic N) is 2. The molecule has 2 rings (SSSR count). The van der Waals surface area contributed by atoms with Crippen molar-refractivity contribution in [2.24, 2.45) is 0 Å². The number of nitrogens with two attached hydrogens (primary N) is 1. The summed E-state index contributed by atoms with van der Waals surface area (Å²) in [7, 11) is 2.08. The summed E-state index contributed by atoms with van der Waals surface area (Å²) in [5, 5.41) is 0. The molecular weight excluding hydrogens is 250 g/mol. The number of hydrogen-bond acceptors (Lipinski definition) is 4. The van der Waals surface area contributed by atoms with Gasteiger partial charge in [0.25, 0.3) is 0 Å². The van der Waals surface area contributed by atoms with E-state index >= 15 is 0 Å². The molecule has 1 aromatic heterocycles. The minimum absolute atomic E-state index is 0.632. The minimum Gasteiger partial charge on any atom is -0.490 e. The molecule has 0 radical (unpaired) electrons. The van der Waals surface area contributed by atoms with Gasteiger partial charge in [-0.3, -0.25) is 4.98 Å². The number of aromatic nitrogens is 1. The molecule has 0 aliphatic carbocycles. The lowest BCUT2D eigenvalue weighted by Gasteiger charge is -2.17. The van der Waals surface area contributed by atoms with Gasteiger partial charge in [-0.25, -0.2) is 0 Å². The first-order valence-corrected chi connectivity index (χ1v) is 6.81. The van der Waals surface area contributed by atoms with Gasteiger partial charge >= 0.3 is 0 Å². The Kier molecular flexibility index (Phi) is 5.38. The van der Waals surface area contributed by atoms with Crippen molar-refractivity contribution in [1.29, 1.82) is 0 Å². The minimum atomic E-state index is 0.632. The van der Waals surface area contributed by atoms with Crippen LogP contribution in [0.4, 0.5) is 5.69 Å². The lowest BCUT2D eigenvalue weighted by Crippen LogP contribution is -2.26. The van der Waals surface area contributed by atoms with Crippen LogP contribution < -0.4 is 10.5 Å². The van der Waals surface area contributed by atoms with Crippen molar-refractivity contribution in [1.82, 2.24) is 9.88 Å². The molecule has 106 valence electrons. The summed E-state index contributed by atoms with van der Waals surface area (Å²) >= 11 is 0. The Morgan fingerprint density at radius 3 is 2.65 bits per heavy atom. The van der Waals surface area contributed by atoms with Crippen LogP contribution in [0.3, 0.4) is 0 Å². The first-order valence-electron chi connectivity index (χ1n) is 6.81. The normalized spacial score (nSPS) is 10.7. The smallest absolute Gasteiger partial charge is 0.142 e. The van der Waals surface area contributed by atoms with Crippen LogP contribution in [0.2, 0.25) is 0 Å². The largest absolute Gasteiger partial charge is 0.490 e. The molecule has 0 aliphatic heterocycles. The molecule has 0 bridgehead atoms. The van der Waals surface area contributed by atoms with E-state index in [1.54, 1.807) is 0 Å². The van der Waals surface area contributed by atoms with E-state index in [2.05, 4.69) is 23.0 Å². The van der Waals surface area contributed by atoms with Crippen molar-refractivity contribution in [3.05, 3.63) is 54.4 Å². The molecular formula is C16H21N3O. The maximum Gasteiger partial charge on any atom is 0.142 e. The molecule has 0 saturated heterocycles. The summed E-state index contributed by atoms with van der Waals surface area (Å²) in [4.78, 5) is 6.55. The van der Waals surface area contributed by atoms with Crippen LogP contribution in [0.1, 0.15) is 5.69 Å². The zero-order chi connectivity index (χ0) is 14.2. The van der Waals surface area contributed by atoms with E-state index in [0.717, 1.165) is 31.0 Å². The highest BCUT2D eigenvalue weighted by molar-refractivity contribution is 5.51. The van der Waals surface area contributed by atoms with Crippen LogP contribution in [-0.4, -0.2) is 36.6 Å². The highest BCUT2D eigenvalue weighted by Gasteiger charge is 2.02. The number of nitrogen functional groups attached to an aromatic ring is 1. The zero-order valence-electron chi connectivity index (χ0n) is 11.8. The molecule has 20 heavy (non-hydrogen) atoms. The number of likely N-dealkylation sites (N-methyl/N-ethyl adjacent to an activating group) is 1. The molecule has 0 atom stereocenters. The summed E-state index contributed by atoms with van der Waals surface area (Å²) in [5.74, 6) is 0.755. The Morgan fingerprint density at radius 1 is 1.10 bits per heavy atom. The van der Waals surface area contributed by atoms with Crippen LogP contribution in [-0.2, 0) is 6.42 Å². The monoisotopic (exact) mass is 271 g/mol. The topological polar surface area (TPSA) is 51.4 Å². The quantitative estimate of drug-likeness (QED) is 0.785. The van der Waals surface area contributed by atoms with Gasteiger partial charge < -0.3 is 15.4 Å². The molecule has 0 amide bonds. The second-order valence-electron chi connectivity index (χ2n) is 4.76. The van der Waals surface area contributed by atoms with Gasteiger partial charge in [0.05, 0.1) is 5.69 Å². The SMILES string of the molecule is CN(CCOc1ccccc1N)CCc1ccccn1. The van der Waals surface area contributed by atoms with Gasteiger partial charge in [0.2, 0.25) is 0 Å². The van der Waals surface area contributed by atoms with E-state index < -0.39 is 0 Å². The maximum atomic E-state index is 5.83. The van der Waals surface area contributed by atoms with E-state index in [9.17, 15) is 0 Å². The van der Waals surface area contributed by atoms with Gasteiger partial charge in [-0.05, 0) is 31.3 Å². The summed E-state index contributed by atoms with van der Waals surface area (Å²) in [6.45, 7) is 2.46. The van der Waals surface area contributed by atoms with Crippen molar-refractivity contribution in [3.8, 4) is 5.75 Å². The van der Waals surface area contributed by atoms with Gasteiger partial charge in [-0.1, -0.05) is 18.2 Å². The standard InChI is InChI=1S/C16H21N3O/c1-19(11-9-14-6-4-5-10-18-14)12-13-20-16-8-3-2-7-15(16)17/h2-8,10H,9,11-13,17H2,1H3. The summed E-state index contributed by atoms with van der Waals surface area (Å²) in [6.07, 6.45) is 2.78. The number of para-hydroxylation sites is 2. The van der Waals surface area contributed by atoms with Gasteiger partial charge in [-0.15, -0.1) is 0 Å². The van der Waals surface area contributed by atoms with Crippen molar-refractivity contribution in [2.75, 3.05) is 32.5 Å². The molecule has 2 aromatic rings. The molecule has 1 heterocycles. The number of pyridine rings is 1. The summed E-state index contributed by atoms with van der Waals surface area (Å²) in [6, 6.07) is 13.6. The fraction of sp³-hybridized carbons (Fsp3) is 0.312. The predicted octanol–water partition coefficient (Wildman–Crippen LogP) is 2.22. The highest BCUT2D eigenvalue weighted by atomic mass is 16.5. The third kappa shape index (κ3) is 4.55. The van der Waals surface area contributed by atoms with E-state index in [4.69, 9.17) is 10.5 Å². The number of anilines is 1. The Bertz CT molecular complexity index is 516. The summed E-state index contributed by atoms with van der Waals surface area (Å²) in [5.41, 5.74) is 7.63. The summed E-state index contributed by atoms with van der Waals surface area (Å²) < 4.78 is 5.68. The Hall–Kier alpha value is -2.07. The molecule has 0 aliphatic rings. The van der Waals surface area contributed by atoms with E-state index in [1.165, 1.54) is 0 Å². The van der Waals surface area contributed by atoms with Crippen molar-refractivity contribution in [3.63, 3.8) is 0 Å². The molecule has 4 nitrogen and oxygen atoms in total.